The zero-order valence-corrected chi connectivity index (χ0v) is 13.1. The summed E-state index contributed by atoms with van der Waals surface area (Å²) in [6, 6.07) is 0. The van der Waals surface area contributed by atoms with Crippen LogP contribution in [0.4, 0.5) is 0 Å². The number of rotatable bonds is 1. The van der Waals surface area contributed by atoms with E-state index in [0.717, 1.165) is 18.4 Å². The van der Waals surface area contributed by atoms with E-state index in [2.05, 4.69) is 25.2 Å². The summed E-state index contributed by atoms with van der Waals surface area (Å²) in [4.78, 5) is 0. The molecule has 0 fully saturated rings. The van der Waals surface area contributed by atoms with Gasteiger partial charge in [0, 0.05) is 13.0 Å². The molecule has 0 unspecified atom stereocenters. The van der Waals surface area contributed by atoms with E-state index in [0.29, 0.717) is 13.2 Å². The second-order valence-electron chi connectivity index (χ2n) is 5.60. The SMILES string of the molecule is CO[C@H]1/C=C/CC/C(C)=C/COC/C(C)=C\[C@@H](C)[C@@H]1O. The highest BCUT2D eigenvalue weighted by Gasteiger charge is 2.21. The fourth-order valence-corrected chi connectivity index (χ4v) is 2.29. The van der Waals surface area contributed by atoms with Crippen LogP contribution in [-0.4, -0.2) is 37.6 Å². The van der Waals surface area contributed by atoms with Crippen molar-refractivity contribution in [3.63, 3.8) is 0 Å². The van der Waals surface area contributed by atoms with E-state index >= 15 is 0 Å². The van der Waals surface area contributed by atoms with Gasteiger partial charge in [-0.15, -0.1) is 0 Å². The molecule has 0 bridgehead atoms. The fraction of sp³-hybridized carbons (Fsp3) is 0.647. The van der Waals surface area contributed by atoms with Crippen molar-refractivity contribution >= 4 is 0 Å². The van der Waals surface area contributed by atoms with Gasteiger partial charge in [-0.05, 0) is 26.7 Å². The molecule has 1 rings (SSSR count). The molecule has 0 radical (unpaired) electrons. The zero-order chi connectivity index (χ0) is 15.0. The monoisotopic (exact) mass is 280 g/mol. The summed E-state index contributed by atoms with van der Waals surface area (Å²) >= 11 is 0. The Morgan fingerprint density at radius 2 is 2.05 bits per heavy atom. The first-order valence-electron chi connectivity index (χ1n) is 7.32. The van der Waals surface area contributed by atoms with Crippen LogP contribution in [0.2, 0.25) is 0 Å². The molecule has 1 N–H and O–H groups in total. The van der Waals surface area contributed by atoms with Crippen LogP contribution in [0.3, 0.4) is 0 Å². The molecule has 1 aliphatic heterocycles. The number of hydrogen-bond donors (Lipinski definition) is 1. The molecule has 0 aliphatic carbocycles. The predicted molar refractivity (Wildman–Crippen MR) is 82.7 cm³/mol. The highest BCUT2D eigenvalue weighted by molar-refractivity contribution is 5.07. The zero-order valence-electron chi connectivity index (χ0n) is 13.1. The third-order valence-corrected chi connectivity index (χ3v) is 3.61. The summed E-state index contributed by atoms with van der Waals surface area (Å²) in [5.41, 5.74) is 2.47. The van der Waals surface area contributed by atoms with Crippen molar-refractivity contribution in [3.05, 3.63) is 35.5 Å². The first-order valence-corrected chi connectivity index (χ1v) is 7.32. The first kappa shape index (κ1) is 17.2. The van der Waals surface area contributed by atoms with Gasteiger partial charge in [-0.25, -0.2) is 0 Å². The lowest BCUT2D eigenvalue weighted by Gasteiger charge is -2.23. The molecule has 0 amide bonds. The molecule has 1 heterocycles. The van der Waals surface area contributed by atoms with Crippen molar-refractivity contribution in [3.8, 4) is 0 Å². The molecule has 3 atom stereocenters. The number of aliphatic hydroxyl groups excluding tert-OH is 1. The summed E-state index contributed by atoms with van der Waals surface area (Å²) < 4.78 is 11.0. The normalized spacial score (nSPS) is 37.1. The van der Waals surface area contributed by atoms with Gasteiger partial charge in [0.25, 0.3) is 0 Å². The lowest BCUT2D eigenvalue weighted by molar-refractivity contribution is -0.00199. The Bertz CT molecular complexity index is 368. The number of hydrogen-bond acceptors (Lipinski definition) is 3. The van der Waals surface area contributed by atoms with E-state index in [1.54, 1.807) is 7.11 Å². The number of ether oxygens (including phenoxy) is 2. The standard InChI is InChI=1S/C17H28O3/c1-13-7-5-6-8-16(19-4)17(18)15(3)11-14(2)12-20-10-9-13/h6,8-9,11,15-18H,5,7,10,12H2,1-4H3/b8-6+,13-9+,14-11-/t15-,16+,17+/m1/s1. The highest BCUT2D eigenvalue weighted by Crippen LogP contribution is 2.16. The molecular weight excluding hydrogens is 252 g/mol. The van der Waals surface area contributed by atoms with Gasteiger partial charge in [0.15, 0.2) is 0 Å². The second-order valence-corrected chi connectivity index (χ2v) is 5.60. The van der Waals surface area contributed by atoms with Gasteiger partial charge in [0.05, 0.1) is 19.3 Å². The van der Waals surface area contributed by atoms with E-state index in [1.807, 2.05) is 19.9 Å². The molecule has 20 heavy (non-hydrogen) atoms. The van der Waals surface area contributed by atoms with E-state index in [1.165, 1.54) is 5.57 Å². The largest absolute Gasteiger partial charge is 0.389 e. The summed E-state index contributed by atoms with van der Waals surface area (Å²) in [6.45, 7) is 7.41. The maximum atomic E-state index is 10.3. The van der Waals surface area contributed by atoms with E-state index < -0.39 is 6.10 Å². The van der Waals surface area contributed by atoms with Crippen molar-refractivity contribution < 1.29 is 14.6 Å². The Labute approximate surface area is 123 Å². The second kappa shape index (κ2) is 9.11. The Hall–Kier alpha value is -0.900. The maximum absolute atomic E-state index is 10.3. The molecule has 0 aromatic rings. The number of aliphatic hydroxyl groups is 1. The minimum absolute atomic E-state index is 0.0356. The van der Waals surface area contributed by atoms with Crippen molar-refractivity contribution in [2.75, 3.05) is 20.3 Å². The van der Waals surface area contributed by atoms with Gasteiger partial charge in [-0.1, -0.05) is 42.4 Å². The molecular formula is C17H28O3. The first-order chi connectivity index (χ1) is 9.54. The Morgan fingerprint density at radius 1 is 1.30 bits per heavy atom. The molecule has 0 saturated heterocycles. The average molecular weight is 280 g/mol. The third kappa shape index (κ3) is 6.04. The highest BCUT2D eigenvalue weighted by atomic mass is 16.5. The number of methoxy groups -OCH3 is 1. The molecule has 0 aromatic heterocycles. The Morgan fingerprint density at radius 3 is 2.75 bits per heavy atom. The van der Waals surface area contributed by atoms with Crippen LogP contribution >= 0.6 is 0 Å². The third-order valence-electron chi connectivity index (χ3n) is 3.61. The smallest absolute Gasteiger partial charge is 0.102 e. The fourth-order valence-electron chi connectivity index (χ4n) is 2.29. The molecule has 0 saturated carbocycles. The maximum Gasteiger partial charge on any atom is 0.102 e. The summed E-state index contributed by atoms with van der Waals surface area (Å²) in [5, 5.41) is 10.3. The minimum atomic E-state index is -0.536. The van der Waals surface area contributed by atoms with Crippen LogP contribution < -0.4 is 0 Å². The quantitative estimate of drug-likeness (QED) is 0.749. The summed E-state index contributed by atoms with van der Waals surface area (Å²) in [5.74, 6) is 0.0356. The molecule has 0 aromatic carbocycles. The van der Waals surface area contributed by atoms with Gasteiger partial charge < -0.3 is 14.6 Å². The lowest BCUT2D eigenvalue weighted by Crippen LogP contribution is -2.31. The average Bonchev–Trinajstić information content (AvgIpc) is 2.42. The van der Waals surface area contributed by atoms with Crippen LogP contribution in [0, 0.1) is 5.92 Å². The van der Waals surface area contributed by atoms with Gasteiger partial charge in [0.1, 0.15) is 6.10 Å². The van der Waals surface area contributed by atoms with Crippen molar-refractivity contribution in [1.29, 1.82) is 0 Å². The van der Waals surface area contributed by atoms with Gasteiger partial charge in [-0.2, -0.15) is 0 Å². The Kier molecular flexibility index (Phi) is 7.82. The van der Waals surface area contributed by atoms with E-state index in [4.69, 9.17) is 9.47 Å². The molecule has 3 heteroatoms. The van der Waals surface area contributed by atoms with Crippen LogP contribution in [0.1, 0.15) is 33.6 Å². The van der Waals surface area contributed by atoms with Crippen molar-refractivity contribution in [1.82, 2.24) is 0 Å². The molecule has 114 valence electrons. The van der Waals surface area contributed by atoms with Crippen molar-refractivity contribution in [2.45, 2.75) is 45.8 Å². The van der Waals surface area contributed by atoms with Crippen molar-refractivity contribution in [2.24, 2.45) is 5.92 Å². The van der Waals surface area contributed by atoms with Gasteiger partial charge in [0.2, 0.25) is 0 Å². The molecule has 0 spiro atoms. The van der Waals surface area contributed by atoms with Crippen LogP contribution in [0.25, 0.3) is 0 Å². The summed E-state index contributed by atoms with van der Waals surface area (Å²) in [6.07, 6.45) is 9.43. The number of allylic oxidation sites excluding steroid dienone is 2. The Balaban J connectivity index is 2.83. The lowest BCUT2D eigenvalue weighted by atomic mass is 9.96. The van der Waals surface area contributed by atoms with E-state index in [-0.39, 0.29) is 12.0 Å². The molecule has 3 nitrogen and oxygen atoms in total. The van der Waals surface area contributed by atoms with Crippen LogP contribution in [-0.2, 0) is 9.47 Å². The van der Waals surface area contributed by atoms with Gasteiger partial charge in [-0.3, -0.25) is 0 Å². The van der Waals surface area contributed by atoms with Gasteiger partial charge >= 0.3 is 0 Å². The summed E-state index contributed by atoms with van der Waals surface area (Å²) in [7, 11) is 1.64. The minimum Gasteiger partial charge on any atom is -0.389 e. The van der Waals surface area contributed by atoms with Crippen LogP contribution in [0.5, 0.6) is 0 Å². The molecule has 1 aliphatic rings. The van der Waals surface area contributed by atoms with Crippen LogP contribution in [0.15, 0.2) is 35.5 Å². The predicted octanol–water partition coefficient (Wildman–Crippen LogP) is 3.26. The van der Waals surface area contributed by atoms with E-state index in [9.17, 15) is 5.11 Å². The topological polar surface area (TPSA) is 38.7 Å².